The summed E-state index contributed by atoms with van der Waals surface area (Å²) < 4.78 is 0. The Balaban J connectivity index is 0. The van der Waals surface area contributed by atoms with E-state index in [2.05, 4.69) is 19.7 Å². The van der Waals surface area contributed by atoms with Crippen molar-refractivity contribution >= 4 is 58.4 Å². The SMILES string of the molecule is C=C[Si](Cl)(Cl)Cl.C[SiH](C)Cl. The molecule has 0 rings (SSSR count). The van der Waals surface area contributed by atoms with Crippen LogP contribution in [0.3, 0.4) is 0 Å². The van der Waals surface area contributed by atoms with Gasteiger partial charge >= 0.3 is 6.00 Å². The fraction of sp³-hybridized carbons (Fsp3) is 0.500. The van der Waals surface area contributed by atoms with Crippen LogP contribution in [0, 0.1) is 0 Å². The van der Waals surface area contributed by atoms with E-state index in [1.54, 1.807) is 0 Å². The van der Waals surface area contributed by atoms with Crippen molar-refractivity contribution < 1.29 is 0 Å². The van der Waals surface area contributed by atoms with Gasteiger partial charge in [-0.25, -0.2) is 0 Å². The predicted octanol–water partition coefficient (Wildman–Crippen LogP) is 3.58. The molecule has 0 N–H and O–H groups in total. The summed E-state index contributed by atoms with van der Waals surface area (Å²) >= 11 is 21.2. The molecule has 6 heteroatoms. The van der Waals surface area contributed by atoms with E-state index in [1.807, 2.05) is 0 Å². The maximum Gasteiger partial charge on any atom is 0.365 e. The predicted molar refractivity (Wildman–Crippen MR) is 58.2 cm³/mol. The Morgan fingerprint density at radius 3 is 1.40 bits per heavy atom. The van der Waals surface area contributed by atoms with Gasteiger partial charge in [-0.1, -0.05) is 18.8 Å². The Bertz CT molecular complexity index is 85.0. The molecule has 0 aromatic heterocycles. The van der Waals surface area contributed by atoms with Crippen LogP contribution in [0.4, 0.5) is 0 Å². The van der Waals surface area contributed by atoms with E-state index in [0.717, 1.165) is 0 Å². The molecule has 0 aromatic carbocycles. The number of hydrogen-bond donors (Lipinski definition) is 0. The lowest BCUT2D eigenvalue weighted by atomic mass is 11.3. The number of rotatable bonds is 1. The van der Waals surface area contributed by atoms with Gasteiger partial charge in [0.25, 0.3) is 0 Å². The summed E-state index contributed by atoms with van der Waals surface area (Å²) in [5.74, 6) is 0. The average molecular weight is 256 g/mol. The van der Waals surface area contributed by atoms with E-state index >= 15 is 0 Å². The maximum atomic E-state index is 5.41. The van der Waals surface area contributed by atoms with Gasteiger partial charge in [0.2, 0.25) is 0 Å². The van der Waals surface area contributed by atoms with Crippen molar-refractivity contribution in [2.45, 2.75) is 13.1 Å². The molecule has 0 heterocycles. The molecule has 0 saturated heterocycles. The van der Waals surface area contributed by atoms with Crippen molar-refractivity contribution in [3.63, 3.8) is 0 Å². The van der Waals surface area contributed by atoms with Crippen molar-refractivity contribution in [1.82, 2.24) is 0 Å². The second-order valence-electron chi connectivity index (χ2n) is 1.76. The molecule has 62 valence electrons. The lowest BCUT2D eigenvalue weighted by Crippen LogP contribution is -2.01. The van der Waals surface area contributed by atoms with Gasteiger partial charge in [0.1, 0.15) is 8.11 Å². The van der Waals surface area contributed by atoms with Crippen molar-refractivity contribution in [2.24, 2.45) is 0 Å². The Labute approximate surface area is 83.5 Å². The van der Waals surface area contributed by atoms with E-state index in [9.17, 15) is 0 Å². The Morgan fingerprint density at radius 1 is 1.30 bits per heavy atom. The van der Waals surface area contributed by atoms with Crippen LogP contribution in [0.25, 0.3) is 0 Å². The first-order chi connectivity index (χ1) is 4.29. The molecule has 0 aliphatic heterocycles. The topological polar surface area (TPSA) is 0 Å². The highest BCUT2D eigenvalue weighted by molar-refractivity contribution is 7.66. The zero-order valence-electron chi connectivity index (χ0n) is 5.87. The highest BCUT2D eigenvalue weighted by atomic mass is 35.8. The summed E-state index contributed by atoms with van der Waals surface area (Å²) in [5.41, 5.74) is 1.37. The van der Waals surface area contributed by atoms with E-state index in [-0.39, 0.29) is 0 Å². The van der Waals surface area contributed by atoms with E-state index in [0.29, 0.717) is 0 Å². The summed E-state index contributed by atoms with van der Waals surface area (Å²) in [6, 6.07) is -2.45. The first-order valence-electron chi connectivity index (χ1n) is 2.64. The highest BCUT2D eigenvalue weighted by Crippen LogP contribution is 2.19. The quantitative estimate of drug-likeness (QED) is 0.497. The summed E-state index contributed by atoms with van der Waals surface area (Å²) in [5, 5.41) is 0. The van der Waals surface area contributed by atoms with Crippen molar-refractivity contribution in [2.75, 3.05) is 0 Å². The zero-order valence-corrected chi connectivity index (χ0v) is 11.1. The molecule has 0 atom stereocenters. The normalized spacial score (nSPS) is 10.3. The molecule has 0 aliphatic rings. The van der Waals surface area contributed by atoms with Gasteiger partial charge in [0.05, 0.1) is 0 Å². The van der Waals surface area contributed by atoms with E-state index in [4.69, 9.17) is 44.3 Å². The van der Waals surface area contributed by atoms with Gasteiger partial charge in [-0.3, -0.25) is 0 Å². The van der Waals surface area contributed by atoms with Crippen molar-refractivity contribution in [3.8, 4) is 0 Å². The van der Waals surface area contributed by atoms with Gasteiger partial charge in [-0.15, -0.1) is 39.8 Å². The molecule has 0 amide bonds. The van der Waals surface area contributed by atoms with Gasteiger partial charge in [-0.2, -0.15) is 11.1 Å². The first-order valence-corrected chi connectivity index (χ1v) is 11.8. The number of hydrogen-bond acceptors (Lipinski definition) is 0. The van der Waals surface area contributed by atoms with E-state index in [1.165, 1.54) is 5.70 Å². The monoisotopic (exact) mass is 254 g/mol. The molecular weight excluding hydrogens is 246 g/mol. The molecule has 0 spiro atoms. The molecule has 10 heavy (non-hydrogen) atoms. The Kier molecular flexibility index (Phi) is 9.74. The summed E-state index contributed by atoms with van der Waals surface area (Å²) in [7, 11) is -0.667. The Hall–Kier alpha value is 1.33. The highest BCUT2D eigenvalue weighted by Gasteiger charge is 2.17. The van der Waals surface area contributed by atoms with Crippen molar-refractivity contribution in [3.05, 3.63) is 12.3 Å². The third-order valence-electron chi connectivity index (χ3n) is 0.231. The summed E-state index contributed by atoms with van der Waals surface area (Å²) in [6.07, 6.45) is 0. The van der Waals surface area contributed by atoms with Crippen LogP contribution in [-0.4, -0.2) is 14.1 Å². The second kappa shape index (κ2) is 7.01. The fourth-order valence-corrected chi connectivity index (χ4v) is 0. The van der Waals surface area contributed by atoms with Gasteiger partial charge < -0.3 is 0 Å². The first kappa shape index (κ1) is 13.9. The molecular formula is C4H10Cl4Si2. The minimum Gasteiger partial charge on any atom is -0.172 e. The van der Waals surface area contributed by atoms with Gasteiger partial charge in [-0.05, 0) is 0 Å². The molecule has 0 aliphatic carbocycles. The molecule has 0 aromatic rings. The van der Waals surface area contributed by atoms with Gasteiger partial charge in [0.15, 0.2) is 0 Å². The van der Waals surface area contributed by atoms with Crippen LogP contribution in [0.2, 0.25) is 13.1 Å². The zero-order chi connectivity index (χ0) is 8.78. The third-order valence-corrected chi connectivity index (χ3v) is 2.08. The molecule has 0 unspecified atom stereocenters. The molecule has 0 nitrogen and oxygen atoms in total. The Morgan fingerprint density at radius 2 is 1.40 bits per heavy atom. The smallest absolute Gasteiger partial charge is 0.172 e. The van der Waals surface area contributed by atoms with Crippen LogP contribution < -0.4 is 0 Å². The molecule has 0 fully saturated rings. The lowest BCUT2D eigenvalue weighted by Gasteiger charge is -1.92. The molecule has 0 bridgehead atoms. The minimum atomic E-state index is -2.45. The minimum absolute atomic E-state index is 0.667. The molecule has 0 saturated carbocycles. The van der Waals surface area contributed by atoms with Crippen LogP contribution in [0.5, 0.6) is 0 Å². The average Bonchev–Trinajstić information content (AvgIpc) is 1.63. The lowest BCUT2D eigenvalue weighted by molar-refractivity contribution is 2.10. The van der Waals surface area contributed by atoms with Crippen LogP contribution in [0.1, 0.15) is 0 Å². The summed E-state index contributed by atoms with van der Waals surface area (Å²) in [4.78, 5) is 0. The standard InChI is InChI=1S/C2H3Cl3Si.C2H7ClSi/c1-2-6(3,4)5;1-4(2)3/h2H,1H2;4H,1-2H3. The molecule has 0 radical (unpaired) electrons. The van der Waals surface area contributed by atoms with Crippen LogP contribution >= 0.6 is 44.3 Å². The van der Waals surface area contributed by atoms with Crippen LogP contribution in [0.15, 0.2) is 12.3 Å². The van der Waals surface area contributed by atoms with Crippen molar-refractivity contribution in [1.29, 1.82) is 0 Å². The van der Waals surface area contributed by atoms with E-state index < -0.39 is 14.1 Å². The fourth-order valence-electron chi connectivity index (χ4n) is 0. The largest absolute Gasteiger partial charge is 0.365 e. The number of halogens is 4. The maximum absolute atomic E-state index is 5.41. The van der Waals surface area contributed by atoms with Crippen LogP contribution in [-0.2, 0) is 0 Å². The summed E-state index contributed by atoms with van der Waals surface area (Å²) in [6.45, 7) is 7.44. The van der Waals surface area contributed by atoms with Gasteiger partial charge in [0, 0.05) is 0 Å². The second-order valence-corrected chi connectivity index (χ2v) is 15.0. The third kappa shape index (κ3) is 34.5.